The number of hydrogen-bond acceptors (Lipinski definition) is 2. The van der Waals surface area contributed by atoms with E-state index in [2.05, 4.69) is 10.2 Å². The van der Waals surface area contributed by atoms with Crippen LogP contribution in [0, 0.1) is 0 Å². The van der Waals surface area contributed by atoms with Crippen molar-refractivity contribution in [2.45, 2.75) is 45.1 Å². The van der Waals surface area contributed by atoms with E-state index in [9.17, 15) is 17.6 Å². The molecular weight excluding hydrogens is 262 g/mol. The number of aromatic nitrogens is 3. The molecule has 1 aromatic rings. The van der Waals surface area contributed by atoms with Gasteiger partial charge in [-0.25, -0.2) is 8.78 Å². The normalized spacial score (nSPS) is 13.5. The first-order valence-electron chi connectivity index (χ1n) is 4.81. The van der Waals surface area contributed by atoms with Crippen LogP contribution >= 0.6 is 11.6 Å². The smallest absolute Gasteiger partial charge is 0.295 e. The lowest BCUT2D eigenvalue weighted by molar-refractivity contribution is -0.138. The third-order valence-corrected chi connectivity index (χ3v) is 2.34. The van der Waals surface area contributed by atoms with Gasteiger partial charge in [0.05, 0.1) is 6.54 Å². The number of halogens is 5. The third kappa shape index (κ3) is 3.08. The maximum Gasteiger partial charge on any atom is 0.325 e. The summed E-state index contributed by atoms with van der Waals surface area (Å²) in [5, 5.41) is 6.74. The van der Waals surface area contributed by atoms with Gasteiger partial charge >= 0.3 is 12.3 Å². The van der Waals surface area contributed by atoms with Crippen LogP contribution in [0.1, 0.15) is 26.6 Å². The summed E-state index contributed by atoms with van der Waals surface area (Å²) in [6, 6.07) is 0. The molecule has 8 heteroatoms. The van der Waals surface area contributed by atoms with Crippen LogP contribution < -0.4 is 0 Å². The Morgan fingerprint density at radius 3 is 2.18 bits per heavy atom. The van der Waals surface area contributed by atoms with E-state index in [1.807, 2.05) is 0 Å². The molecule has 0 aromatic carbocycles. The minimum atomic E-state index is -4.16. The van der Waals surface area contributed by atoms with Gasteiger partial charge in [-0.15, -0.1) is 10.2 Å². The van der Waals surface area contributed by atoms with E-state index in [4.69, 9.17) is 11.6 Å². The lowest BCUT2D eigenvalue weighted by Gasteiger charge is -2.22. The molecule has 0 aliphatic rings. The third-order valence-electron chi connectivity index (χ3n) is 2.06. The van der Waals surface area contributed by atoms with Crippen molar-refractivity contribution in [2.24, 2.45) is 0 Å². The summed E-state index contributed by atoms with van der Waals surface area (Å²) < 4.78 is 51.0. The van der Waals surface area contributed by atoms with Gasteiger partial charge in [0.1, 0.15) is 5.82 Å². The van der Waals surface area contributed by atoms with Crippen molar-refractivity contribution in [1.29, 1.82) is 0 Å². The topological polar surface area (TPSA) is 30.7 Å². The highest BCUT2D eigenvalue weighted by atomic mass is 35.5. The van der Waals surface area contributed by atoms with Crippen molar-refractivity contribution in [3.05, 3.63) is 11.1 Å². The zero-order chi connectivity index (χ0) is 13.4. The van der Waals surface area contributed by atoms with E-state index in [1.165, 1.54) is 0 Å². The predicted octanol–water partition coefficient (Wildman–Crippen LogP) is 3.13. The SMILES string of the molecule is CC(C)(C)c1nnc(Cl)n1CC(F)(F)C(F)F. The molecule has 0 atom stereocenters. The van der Waals surface area contributed by atoms with Crippen LogP contribution in [-0.4, -0.2) is 27.1 Å². The van der Waals surface area contributed by atoms with E-state index >= 15 is 0 Å². The zero-order valence-electron chi connectivity index (χ0n) is 9.52. The van der Waals surface area contributed by atoms with Gasteiger partial charge in [0.2, 0.25) is 5.28 Å². The highest BCUT2D eigenvalue weighted by Crippen LogP contribution is 2.29. The molecule has 0 saturated carbocycles. The second-order valence-electron chi connectivity index (χ2n) is 4.69. The Labute approximate surface area is 101 Å². The van der Waals surface area contributed by atoms with Gasteiger partial charge in [0.15, 0.2) is 0 Å². The molecule has 0 fully saturated rings. The summed E-state index contributed by atoms with van der Waals surface area (Å²) in [7, 11) is 0. The van der Waals surface area contributed by atoms with Gasteiger partial charge in [-0.2, -0.15) is 8.78 Å². The number of nitrogens with zero attached hydrogens (tertiary/aromatic N) is 3. The summed E-state index contributed by atoms with van der Waals surface area (Å²) in [5.74, 6) is -4.02. The Morgan fingerprint density at radius 2 is 1.76 bits per heavy atom. The molecular formula is C9H12ClF4N3. The Kier molecular flexibility index (Phi) is 3.71. The lowest BCUT2D eigenvalue weighted by atomic mass is 9.95. The Balaban J connectivity index is 3.11. The van der Waals surface area contributed by atoms with Gasteiger partial charge in [0.25, 0.3) is 0 Å². The maximum absolute atomic E-state index is 13.0. The number of rotatable bonds is 3. The molecule has 3 nitrogen and oxygen atoms in total. The molecule has 0 spiro atoms. The molecule has 98 valence electrons. The highest BCUT2D eigenvalue weighted by Gasteiger charge is 2.43. The van der Waals surface area contributed by atoms with Crippen LogP contribution in [0.3, 0.4) is 0 Å². The zero-order valence-corrected chi connectivity index (χ0v) is 10.3. The average Bonchev–Trinajstić information content (AvgIpc) is 2.46. The monoisotopic (exact) mass is 273 g/mol. The van der Waals surface area contributed by atoms with E-state index < -0.39 is 24.3 Å². The largest absolute Gasteiger partial charge is 0.325 e. The Bertz CT molecular complexity index is 397. The summed E-state index contributed by atoms with van der Waals surface area (Å²) in [6.45, 7) is 3.86. The van der Waals surface area contributed by atoms with E-state index in [0.29, 0.717) is 0 Å². The van der Waals surface area contributed by atoms with Gasteiger partial charge in [-0.1, -0.05) is 20.8 Å². The van der Waals surface area contributed by atoms with Crippen LogP contribution in [0.25, 0.3) is 0 Å². The number of alkyl halides is 4. The molecule has 0 aliphatic heterocycles. The molecule has 0 amide bonds. The summed E-state index contributed by atoms with van der Waals surface area (Å²) in [6.07, 6.45) is -3.76. The molecule has 0 bridgehead atoms. The van der Waals surface area contributed by atoms with Crippen molar-refractivity contribution >= 4 is 11.6 Å². The van der Waals surface area contributed by atoms with Gasteiger partial charge in [0, 0.05) is 5.41 Å². The first-order chi connectivity index (χ1) is 7.55. The van der Waals surface area contributed by atoms with Gasteiger partial charge < -0.3 is 0 Å². The van der Waals surface area contributed by atoms with Crippen molar-refractivity contribution in [2.75, 3.05) is 0 Å². The van der Waals surface area contributed by atoms with Crippen molar-refractivity contribution < 1.29 is 17.6 Å². The fourth-order valence-corrected chi connectivity index (χ4v) is 1.44. The van der Waals surface area contributed by atoms with Crippen LogP contribution in [0.15, 0.2) is 0 Å². The van der Waals surface area contributed by atoms with Crippen molar-refractivity contribution in [3.8, 4) is 0 Å². The molecule has 1 aromatic heterocycles. The van der Waals surface area contributed by atoms with Crippen molar-refractivity contribution in [3.63, 3.8) is 0 Å². The second kappa shape index (κ2) is 4.44. The average molecular weight is 274 g/mol. The van der Waals surface area contributed by atoms with Gasteiger partial charge in [-0.05, 0) is 11.6 Å². The molecule has 0 radical (unpaired) electrons. The molecule has 1 heterocycles. The Morgan fingerprint density at radius 1 is 1.24 bits per heavy atom. The summed E-state index contributed by atoms with van der Waals surface area (Å²) >= 11 is 5.57. The van der Waals surface area contributed by atoms with E-state index in [0.717, 1.165) is 4.57 Å². The Hall–Kier alpha value is -0.850. The minimum absolute atomic E-state index is 0.142. The standard InChI is InChI=1S/C9H12ClF4N3/c1-8(2,3)6-15-16-7(10)17(6)4-9(13,14)5(11)12/h5H,4H2,1-3H3. The molecule has 0 aliphatic carbocycles. The lowest BCUT2D eigenvalue weighted by Crippen LogP contribution is -2.34. The number of hydrogen-bond donors (Lipinski definition) is 0. The first-order valence-corrected chi connectivity index (χ1v) is 5.18. The molecule has 1 rings (SSSR count). The fraction of sp³-hybridized carbons (Fsp3) is 0.778. The molecule has 0 unspecified atom stereocenters. The molecule has 17 heavy (non-hydrogen) atoms. The summed E-state index contributed by atoms with van der Waals surface area (Å²) in [4.78, 5) is 0. The molecule has 0 saturated heterocycles. The second-order valence-corrected chi connectivity index (χ2v) is 5.03. The quantitative estimate of drug-likeness (QED) is 0.792. The van der Waals surface area contributed by atoms with Crippen LogP contribution in [0.2, 0.25) is 5.28 Å². The maximum atomic E-state index is 13.0. The van der Waals surface area contributed by atoms with E-state index in [-0.39, 0.29) is 11.1 Å². The predicted molar refractivity (Wildman–Crippen MR) is 54.7 cm³/mol. The fourth-order valence-electron chi connectivity index (χ4n) is 1.26. The minimum Gasteiger partial charge on any atom is -0.295 e. The summed E-state index contributed by atoms with van der Waals surface area (Å²) in [5.41, 5.74) is -0.613. The van der Waals surface area contributed by atoms with Crippen LogP contribution in [0.5, 0.6) is 0 Å². The van der Waals surface area contributed by atoms with Crippen molar-refractivity contribution in [1.82, 2.24) is 14.8 Å². The highest BCUT2D eigenvalue weighted by molar-refractivity contribution is 6.28. The van der Waals surface area contributed by atoms with Gasteiger partial charge in [-0.3, -0.25) is 4.57 Å². The molecule has 0 N–H and O–H groups in total. The van der Waals surface area contributed by atoms with E-state index in [1.54, 1.807) is 20.8 Å². The first kappa shape index (κ1) is 14.2. The van der Waals surface area contributed by atoms with Crippen LogP contribution in [-0.2, 0) is 12.0 Å². The van der Waals surface area contributed by atoms with Crippen LogP contribution in [0.4, 0.5) is 17.6 Å².